The molecule has 0 aliphatic carbocycles. The van der Waals surface area contributed by atoms with Crippen molar-refractivity contribution in [3.63, 3.8) is 0 Å². The van der Waals surface area contributed by atoms with Crippen molar-refractivity contribution in [2.24, 2.45) is 0 Å². The van der Waals surface area contributed by atoms with Gasteiger partial charge in [-0.05, 0) is 31.2 Å². The number of hydrogen-bond donors (Lipinski definition) is 0. The zero-order valence-electron chi connectivity index (χ0n) is 17.8. The fraction of sp³-hybridized carbons (Fsp3) is 0.240. The molecule has 2 aromatic heterocycles. The van der Waals surface area contributed by atoms with E-state index >= 15 is 0 Å². The van der Waals surface area contributed by atoms with Crippen LogP contribution < -0.4 is 5.43 Å². The Balaban J connectivity index is 1.34. The molecule has 5 rings (SSSR count). The Hall–Kier alpha value is -3.52. The minimum atomic E-state index is -4.38. The van der Waals surface area contributed by atoms with Crippen molar-refractivity contribution in [2.45, 2.75) is 32.6 Å². The van der Waals surface area contributed by atoms with Crippen LogP contribution in [0.1, 0.15) is 27.9 Å². The first-order valence-corrected chi connectivity index (χ1v) is 10.5. The summed E-state index contributed by atoms with van der Waals surface area (Å²) in [6.07, 6.45) is -0.475. The van der Waals surface area contributed by atoms with Gasteiger partial charge in [-0.1, -0.05) is 23.8 Å². The fourth-order valence-corrected chi connectivity index (χ4v) is 4.09. The first-order chi connectivity index (χ1) is 15.8. The molecule has 1 aliphatic rings. The molecule has 0 spiro atoms. The van der Waals surface area contributed by atoms with E-state index in [1.165, 1.54) is 18.4 Å². The van der Waals surface area contributed by atoms with E-state index in [0.29, 0.717) is 54.0 Å². The van der Waals surface area contributed by atoms with Gasteiger partial charge in [0.1, 0.15) is 5.58 Å². The molecule has 0 N–H and O–H groups in total. The molecule has 1 aliphatic heterocycles. The molecule has 8 heteroatoms. The summed E-state index contributed by atoms with van der Waals surface area (Å²) in [6.45, 7) is 3.66. The number of fused-ring (bicyclic) bond motifs is 2. The van der Waals surface area contributed by atoms with Crippen LogP contribution in [0.3, 0.4) is 0 Å². The van der Waals surface area contributed by atoms with Crippen LogP contribution >= 0.6 is 0 Å². The quantitative estimate of drug-likeness (QED) is 0.432. The first kappa shape index (κ1) is 21.3. The second-order valence-corrected chi connectivity index (χ2v) is 8.29. The zero-order chi connectivity index (χ0) is 23.2. The number of rotatable bonds is 3. The molecule has 0 radical (unpaired) electrons. The SMILES string of the molecule is Cc1ccc2occ(CN3CCc4nc(-c5ccc(C(F)(F)F)cc5)ncc4C3)c(=O)c2c1. The largest absolute Gasteiger partial charge is 0.464 e. The monoisotopic (exact) mass is 451 g/mol. The lowest BCUT2D eigenvalue weighted by Gasteiger charge is -2.27. The highest BCUT2D eigenvalue weighted by Crippen LogP contribution is 2.30. The summed E-state index contributed by atoms with van der Waals surface area (Å²) in [6, 6.07) is 10.4. The maximum atomic E-state index is 12.9. The molecule has 4 aromatic rings. The number of alkyl halides is 3. The maximum Gasteiger partial charge on any atom is 0.416 e. The van der Waals surface area contributed by atoms with Crippen molar-refractivity contribution in [1.29, 1.82) is 0 Å². The number of hydrogen-bond acceptors (Lipinski definition) is 5. The number of benzene rings is 2. The summed E-state index contributed by atoms with van der Waals surface area (Å²) in [5, 5.41) is 0.578. The lowest BCUT2D eigenvalue weighted by atomic mass is 10.0. The van der Waals surface area contributed by atoms with E-state index in [2.05, 4.69) is 14.9 Å². The van der Waals surface area contributed by atoms with E-state index < -0.39 is 11.7 Å². The lowest BCUT2D eigenvalue weighted by Crippen LogP contribution is -2.32. The molecule has 0 bridgehead atoms. The standard InChI is InChI=1S/C25H20F3N3O2/c1-15-2-7-22-20(10-15)23(32)18(14-33-22)13-31-9-8-21-17(12-31)11-29-24(30-21)16-3-5-19(6-4-16)25(26,27)28/h2-7,10-11,14H,8-9,12-13H2,1H3. The average molecular weight is 451 g/mol. The van der Waals surface area contributed by atoms with Gasteiger partial charge in [0.25, 0.3) is 0 Å². The zero-order valence-corrected chi connectivity index (χ0v) is 17.8. The smallest absolute Gasteiger partial charge is 0.416 e. The van der Waals surface area contributed by atoms with Crippen molar-refractivity contribution < 1.29 is 17.6 Å². The van der Waals surface area contributed by atoms with Crippen molar-refractivity contribution in [3.05, 3.63) is 93.1 Å². The number of aromatic nitrogens is 2. The molecule has 33 heavy (non-hydrogen) atoms. The predicted molar refractivity (Wildman–Crippen MR) is 118 cm³/mol. The van der Waals surface area contributed by atoms with Gasteiger partial charge in [0, 0.05) is 48.9 Å². The summed E-state index contributed by atoms with van der Waals surface area (Å²) in [5.41, 5.74) is 3.79. The van der Waals surface area contributed by atoms with Gasteiger partial charge >= 0.3 is 6.18 Å². The van der Waals surface area contributed by atoms with E-state index in [1.54, 1.807) is 12.3 Å². The van der Waals surface area contributed by atoms with E-state index in [-0.39, 0.29) is 5.43 Å². The van der Waals surface area contributed by atoms with Crippen molar-refractivity contribution in [2.75, 3.05) is 6.54 Å². The number of aryl methyl sites for hydroxylation is 1. The number of halogens is 3. The summed E-state index contributed by atoms with van der Waals surface area (Å²) in [7, 11) is 0. The van der Waals surface area contributed by atoms with Crippen LogP contribution in [-0.4, -0.2) is 21.4 Å². The summed E-state index contributed by atoms with van der Waals surface area (Å²) in [4.78, 5) is 24.0. The van der Waals surface area contributed by atoms with Crippen molar-refractivity contribution in [3.8, 4) is 11.4 Å². The first-order valence-electron chi connectivity index (χ1n) is 10.5. The van der Waals surface area contributed by atoms with Crippen LogP contribution in [0.15, 0.2) is 64.1 Å². The third-order valence-corrected chi connectivity index (χ3v) is 5.88. The van der Waals surface area contributed by atoms with E-state index in [4.69, 9.17) is 4.42 Å². The topological polar surface area (TPSA) is 59.2 Å². The molecule has 5 nitrogen and oxygen atoms in total. The summed E-state index contributed by atoms with van der Waals surface area (Å²) in [5.74, 6) is 0.404. The third kappa shape index (κ3) is 4.26. The van der Waals surface area contributed by atoms with Crippen LogP contribution in [0, 0.1) is 6.92 Å². The third-order valence-electron chi connectivity index (χ3n) is 5.88. The molecule has 168 valence electrons. The Bertz CT molecular complexity index is 1400. The van der Waals surface area contributed by atoms with Gasteiger partial charge in [-0.3, -0.25) is 9.69 Å². The van der Waals surface area contributed by atoms with Crippen molar-refractivity contribution in [1.82, 2.24) is 14.9 Å². The second kappa shape index (κ2) is 8.12. The molecule has 0 amide bonds. The molecule has 0 unspecified atom stereocenters. The van der Waals surface area contributed by atoms with Gasteiger partial charge in [-0.15, -0.1) is 0 Å². The van der Waals surface area contributed by atoms with Gasteiger partial charge in [0.15, 0.2) is 11.3 Å². The Morgan fingerprint density at radius 2 is 1.91 bits per heavy atom. The molecular formula is C25H20F3N3O2. The summed E-state index contributed by atoms with van der Waals surface area (Å²) >= 11 is 0. The molecular weight excluding hydrogens is 431 g/mol. The molecule has 2 aromatic carbocycles. The maximum absolute atomic E-state index is 12.9. The Labute approximate surface area is 187 Å². The highest BCUT2D eigenvalue weighted by Gasteiger charge is 2.30. The molecule has 0 atom stereocenters. The predicted octanol–water partition coefficient (Wildman–Crippen LogP) is 5.14. The molecule has 3 heterocycles. The van der Waals surface area contributed by atoms with Gasteiger partial charge in [-0.2, -0.15) is 13.2 Å². The van der Waals surface area contributed by atoms with E-state index in [0.717, 1.165) is 29.0 Å². The molecule has 0 saturated heterocycles. The minimum absolute atomic E-state index is 0.0281. The van der Waals surface area contributed by atoms with Gasteiger partial charge in [-0.25, -0.2) is 9.97 Å². The van der Waals surface area contributed by atoms with Crippen LogP contribution in [0.25, 0.3) is 22.4 Å². The van der Waals surface area contributed by atoms with Gasteiger partial charge in [0.05, 0.1) is 22.9 Å². The van der Waals surface area contributed by atoms with Crippen LogP contribution in [0.2, 0.25) is 0 Å². The Morgan fingerprint density at radius 1 is 1.12 bits per heavy atom. The van der Waals surface area contributed by atoms with E-state index in [1.807, 2.05) is 19.1 Å². The summed E-state index contributed by atoms with van der Waals surface area (Å²) < 4.78 is 44.1. The normalized spacial score (nSPS) is 14.4. The highest BCUT2D eigenvalue weighted by atomic mass is 19.4. The Kier molecular flexibility index (Phi) is 5.25. The van der Waals surface area contributed by atoms with Gasteiger partial charge < -0.3 is 4.42 Å². The average Bonchev–Trinajstić information content (AvgIpc) is 2.80. The minimum Gasteiger partial charge on any atom is -0.464 e. The highest BCUT2D eigenvalue weighted by molar-refractivity contribution is 5.77. The number of nitrogens with zero attached hydrogens (tertiary/aromatic N) is 3. The Morgan fingerprint density at radius 3 is 2.67 bits per heavy atom. The second-order valence-electron chi connectivity index (χ2n) is 8.29. The van der Waals surface area contributed by atoms with Crippen LogP contribution in [0.5, 0.6) is 0 Å². The molecule has 0 fully saturated rings. The van der Waals surface area contributed by atoms with Gasteiger partial charge in [0.2, 0.25) is 0 Å². The fourth-order valence-electron chi connectivity index (χ4n) is 4.09. The van der Waals surface area contributed by atoms with E-state index in [9.17, 15) is 18.0 Å². The van der Waals surface area contributed by atoms with Crippen LogP contribution in [0.4, 0.5) is 13.2 Å². The lowest BCUT2D eigenvalue weighted by molar-refractivity contribution is -0.137. The van der Waals surface area contributed by atoms with Crippen LogP contribution in [-0.2, 0) is 25.7 Å². The molecule has 0 saturated carbocycles. The van der Waals surface area contributed by atoms with Crippen molar-refractivity contribution >= 4 is 11.0 Å².